The molecule has 0 aliphatic heterocycles. The van der Waals surface area contributed by atoms with Crippen molar-refractivity contribution in [3.63, 3.8) is 0 Å². The fraction of sp³-hybridized carbons (Fsp3) is 0.200. The van der Waals surface area contributed by atoms with Crippen LogP contribution < -0.4 is 5.32 Å². The van der Waals surface area contributed by atoms with Crippen LogP contribution in [0.3, 0.4) is 0 Å². The predicted octanol–water partition coefficient (Wildman–Crippen LogP) is 1.28. The number of hydrogen-bond donors (Lipinski definition) is 1. The molecule has 0 fully saturated rings. The zero-order valence-electron chi connectivity index (χ0n) is 9.20. The molecule has 1 heterocycles. The third-order valence-electron chi connectivity index (χ3n) is 2.37. The molecule has 0 aliphatic rings. The van der Waals surface area contributed by atoms with Gasteiger partial charge in [0.05, 0.1) is 11.5 Å². The van der Waals surface area contributed by atoms with Crippen molar-refractivity contribution in [1.29, 1.82) is 0 Å². The Balaban J connectivity index is 2.35. The van der Waals surface area contributed by atoms with Crippen molar-refractivity contribution < 1.29 is 4.92 Å². The van der Waals surface area contributed by atoms with Gasteiger partial charge in [-0.25, -0.2) is 9.67 Å². The molecule has 7 nitrogen and oxygen atoms in total. The standard InChI is InChI=1S/C10H11N5O2/c1-11-10-3-2-9(15(16)17)4-8(10)5-14-7-12-6-13-14/h2-4,6-7,11H,5H2,1H3. The number of nitro benzene ring substituents is 1. The van der Waals surface area contributed by atoms with Gasteiger partial charge in [0.1, 0.15) is 12.7 Å². The van der Waals surface area contributed by atoms with Crippen molar-refractivity contribution >= 4 is 11.4 Å². The van der Waals surface area contributed by atoms with Gasteiger partial charge in [0.2, 0.25) is 0 Å². The number of anilines is 1. The van der Waals surface area contributed by atoms with E-state index in [0.717, 1.165) is 11.3 Å². The lowest BCUT2D eigenvalue weighted by Crippen LogP contribution is -2.04. The van der Waals surface area contributed by atoms with Gasteiger partial charge in [-0.2, -0.15) is 5.10 Å². The molecule has 1 N–H and O–H groups in total. The molecule has 0 radical (unpaired) electrons. The van der Waals surface area contributed by atoms with Crippen LogP contribution in [0.2, 0.25) is 0 Å². The fourth-order valence-electron chi connectivity index (χ4n) is 1.56. The summed E-state index contributed by atoms with van der Waals surface area (Å²) >= 11 is 0. The van der Waals surface area contributed by atoms with Gasteiger partial charge < -0.3 is 5.32 Å². The summed E-state index contributed by atoms with van der Waals surface area (Å²) in [5.41, 5.74) is 1.71. The topological polar surface area (TPSA) is 85.9 Å². The van der Waals surface area contributed by atoms with E-state index in [1.54, 1.807) is 24.1 Å². The lowest BCUT2D eigenvalue weighted by atomic mass is 10.1. The average Bonchev–Trinajstić information content (AvgIpc) is 2.81. The van der Waals surface area contributed by atoms with E-state index in [4.69, 9.17) is 0 Å². The Labute approximate surface area is 97.2 Å². The quantitative estimate of drug-likeness (QED) is 0.635. The largest absolute Gasteiger partial charge is 0.388 e. The van der Waals surface area contributed by atoms with Crippen molar-refractivity contribution in [1.82, 2.24) is 14.8 Å². The summed E-state index contributed by atoms with van der Waals surface area (Å²) in [4.78, 5) is 14.1. The molecule has 1 aromatic carbocycles. The zero-order valence-corrected chi connectivity index (χ0v) is 9.20. The first kappa shape index (κ1) is 11.1. The van der Waals surface area contributed by atoms with Crippen molar-refractivity contribution in [2.75, 3.05) is 12.4 Å². The Morgan fingerprint density at radius 3 is 2.94 bits per heavy atom. The molecule has 88 valence electrons. The van der Waals surface area contributed by atoms with E-state index in [1.807, 2.05) is 0 Å². The smallest absolute Gasteiger partial charge is 0.269 e. The molecule has 0 aliphatic carbocycles. The summed E-state index contributed by atoms with van der Waals surface area (Å²) in [6, 6.07) is 4.69. The molecule has 7 heteroatoms. The van der Waals surface area contributed by atoms with Crippen molar-refractivity contribution in [3.05, 3.63) is 46.5 Å². The summed E-state index contributed by atoms with van der Waals surface area (Å²) in [5.74, 6) is 0. The van der Waals surface area contributed by atoms with E-state index in [2.05, 4.69) is 15.4 Å². The number of non-ortho nitro benzene ring substituents is 1. The normalized spacial score (nSPS) is 10.2. The molecule has 0 amide bonds. The summed E-state index contributed by atoms with van der Waals surface area (Å²) in [6.07, 6.45) is 2.99. The highest BCUT2D eigenvalue weighted by Crippen LogP contribution is 2.22. The van der Waals surface area contributed by atoms with Gasteiger partial charge in [0.25, 0.3) is 5.69 Å². The van der Waals surface area contributed by atoms with Crippen LogP contribution in [0.5, 0.6) is 0 Å². The molecule has 0 unspecified atom stereocenters. The van der Waals surface area contributed by atoms with E-state index in [9.17, 15) is 10.1 Å². The number of nitrogens with zero attached hydrogens (tertiary/aromatic N) is 4. The molecular weight excluding hydrogens is 222 g/mol. The minimum absolute atomic E-state index is 0.0686. The highest BCUT2D eigenvalue weighted by atomic mass is 16.6. The summed E-state index contributed by atoms with van der Waals surface area (Å²) in [7, 11) is 1.77. The molecule has 0 bridgehead atoms. The van der Waals surface area contributed by atoms with Gasteiger partial charge in [0, 0.05) is 30.4 Å². The molecular formula is C10H11N5O2. The lowest BCUT2D eigenvalue weighted by Gasteiger charge is -2.08. The zero-order chi connectivity index (χ0) is 12.3. The molecule has 2 aromatic rings. The van der Waals surface area contributed by atoms with E-state index in [0.29, 0.717) is 6.54 Å². The van der Waals surface area contributed by atoms with Gasteiger partial charge in [-0.05, 0) is 6.07 Å². The molecule has 0 spiro atoms. The maximum atomic E-state index is 10.7. The predicted molar refractivity (Wildman–Crippen MR) is 61.8 cm³/mol. The first-order valence-corrected chi connectivity index (χ1v) is 4.98. The van der Waals surface area contributed by atoms with Gasteiger partial charge in [-0.1, -0.05) is 0 Å². The second-order valence-electron chi connectivity index (χ2n) is 3.44. The van der Waals surface area contributed by atoms with Crippen molar-refractivity contribution in [2.24, 2.45) is 0 Å². The van der Waals surface area contributed by atoms with Crippen LogP contribution >= 0.6 is 0 Å². The number of nitro groups is 1. The molecule has 0 saturated carbocycles. The second-order valence-corrected chi connectivity index (χ2v) is 3.44. The minimum Gasteiger partial charge on any atom is -0.388 e. The highest BCUT2D eigenvalue weighted by Gasteiger charge is 2.10. The minimum atomic E-state index is -0.412. The van der Waals surface area contributed by atoms with Crippen LogP contribution in [0.1, 0.15) is 5.56 Å². The van der Waals surface area contributed by atoms with Crippen molar-refractivity contribution in [3.8, 4) is 0 Å². The highest BCUT2D eigenvalue weighted by molar-refractivity contribution is 5.55. The van der Waals surface area contributed by atoms with Crippen LogP contribution in [0.4, 0.5) is 11.4 Å². The summed E-state index contributed by atoms with van der Waals surface area (Å²) in [5, 5.41) is 17.7. The third-order valence-corrected chi connectivity index (χ3v) is 2.37. The van der Waals surface area contributed by atoms with Gasteiger partial charge in [-0.3, -0.25) is 10.1 Å². The Bertz CT molecular complexity index is 523. The second kappa shape index (κ2) is 4.60. The van der Waals surface area contributed by atoms with Gasteiger partial charge in [0.15, 0.2) is 0 Å². The van der Waals surface area contributed by atoms with E-state index in [-0.39, 0.29) is 5.69 Å². The Morgan fingerprint density at radius 2 is 2.35 bits per heavy atom. The molecule has 2 rings (SSSR count). The Hall–Kier alpha value is -2.44. The number of aromatic nitrogens is 3. The number of benzene rings is 1. The number of rotatable bonds is 4. The van der Waals surface area contributed by atoms with E-state index in [1.165, 1.54) is 18.5 Å². The van der Waals surface area contributed by atoms with Crippen LogP contribution in [0.25, 0.3) is 0 Å². The average molecular weight is 233 g/mol. The SMILES string of the molecule is CNc1ccc([N+](=O)[O-])cc1Cn1cncn1. The molecule has 0 atom stereocenters. The third kappa shape index (κ3) is 2.39. The molecule has 17 heavy (non-hydrogen) atoms. The lowest BCUT2D eigenvalue weighted by molar-refractivity contribution is -0.384. The van der Waals surface area contributed by atoms with Crippen LogP contribution in [0, 0.1) is 10.1 Å². The maximum Gasteiger partial charge on any atom is 0.269 e. The first-order valence-electron chi connectivity index (χ1n) is 4.98. The number of hydrogen-bond acceptors (Lipinski definition) is 5. The van der Waals surface area contributed by atoms with Gasteiger partial charge >= 0.3 is 0 Å². The van der Waals surface area contributed by atoms with Crippen LogP contribution in [0.15, 0.2) is 30.9 Å². The fourth-order valence-corrected chi connectivity index (χ4v) is 1.56. The first-order chi connectivity index (χ1) is 8.20. The summed E-state index contributed by atoms with van der Waals surface area (Å²) < 4.78 is 1.61. The van der Waals surface area contributed by atoms with E-state index < -0.39 is 4.92 Å². The molecule has 1 aromatic heterocycles. The Kier molecular flexibility index (Phi) is 2.99. The van der Waals surface area contributed by atoms with Crippen LogP contribution in [-0.2, 0) is 6.54 Å². The Morgan fingerprint density at radius 1 is 1.53 bits per heavy atom. The van der Waals surface area contributed by atoms with E-state index >= 15 is 0 Å². The van der Waals surface area contributed by atoms with Crippen LogP contribution in [-0.4, -0.2) is 26.7 Å². The van der Waals surface area contributed by atoms with Gasteiger partial charge in [-0.15, -0.1) is 0 Å². The maximum absolute atomic E-state index is 10.7. The monoisotopic (exact) mass is 233 g/mol. The molecule has 0 saturated heterocycles. The van der Waals surface area contributed by atoms with Crippen molar-refractivity contribution in [2.45, 2.75) is 6.54 Å². The number of nitrogens with one attached hydrogen (secondary N) is 1. The summed E-state index contributed by atoms with van der Waals surface area (Å²) in [6.45, 7) is 0.442.